The average molecular weight is 464 g/mol. The Balaban J connectivity index is 3.19. The van der Waals surface area contributed by atoms with Crippen molar-refractivity contribution < 1.29 is 29.5 Å². The van der Waals surface area contributed by atoms with Crippen LogP contribution in [0.3, 0.4) is 0 Å². The van der Waals surface area contributed by atoms with Crippen LogP contribution in [0.15, 0.2) is 30.3 Å². The number of rotatable bonds is 14. The maximum absolute atomic E-state index is 13.3. The zero-order valence-electron chi connectivity index (χ0n) is 19.9. The lowest BCUT2D eigenvalue weighted by molar-refractivity contribution is -0.147. The lowest BCUT2D eigenvalue weighted by Gasteiger charge is -2.35. The molecule has 1 aromatic carbocycles. The molecule has 33 heavy (non-hydrogen) atoms. The summed E-state index contributed by atoms with van der Waals surface area (Å²) in [6.07, 6.45) is 0.940. The van der Waals surface area contributed by atoms with Crippen molar-refractivity contribution in [1.29, 1.82) is 0 Å². The number of nitrogens with one attached hydrogen (secondary N) is 2. The average Bonchev–Trinajstić information content (AvgIpc) is 2.79. The molecule has 0 aliphatic carbocycles. The fraction of sp³-hybridized carbons (Fsp3) is 0.583. The van der Waals surface area contributed by atoms with E-state index >= 15 is 0 Å². The van der Waals surface area contributed by atoms with Gasteiger partial charge < -0.3 is 15.3 Å². The minimum Gasteiger partial charge on any atom is -0.480 e. The molecule has 0 radical (unpaired) electrons. The van der Waals surface area contributed by atoms with Crippen molar-refractivity contribution in [2.45, 2.75) is 71.9 Å². The van der Waals surface area contributed by atoms with Crippen molar-refractivity contribution >= 4 is 23.7 Å². The first-order chi connectivity index (χ1) is 15.6. The Morgan fingerprint density at radius 1 is 1.03 bits per heavy atom. The Morgan fingerprint density at radius 2 is 1.67 bits per heavy atom. The molecule has 0 fully saturated rings. The van der Waals surface area contributed by atoms with E-state index in [9.17, 15) is 24.3 Å². The third kappa shape index (κ3) is 9.61. The predicted octanol–water partition coefficient (Wildman–Crippen LogP) is 2.37. The number of carboxylic acid groups (broad SMARTS) is 1. The molecule has 0 aliphatic rings. The molecule has 1 aromatic rings. The highest BCUT2D eigenvalue weighted by Gasteiger charge is 2.35. The molecule has 0 saturated carbocycles. The van der Waals surface area contributed by atoms with Crippen LogP contribution in [0.1, 0.15) is 58.9 Å². The monoisotopic (exact) mass is 463 g/mol. The van der Waals surface area contributed by atoms with Gasteiger partial charge in [-0.25, -0.2) is 10.3 Å². The largest absolute Gasteiger partial charge is 0.480 e. The van der Waals surface area contributed by atoms with Crippen LogP contribution in [-0.4, -0.2) is 57.5 Å². The number of carboxylic acids is 1. The zero-order valence-corrected chi connectivity index (χ0v) is 19.9. The number of amides is 3. The van der Waals surface area contributed by atoms with E-state index in [0.717, 1.165) is 5.56 Å². The van der Waals surface area contributed by atoms with Gasteiger partial charge in [-0.1, -0.05) is 64.4 Å². The van der Waals surface area contributed by atoms with E-state index in [2.05, 4.69) is 5.32 Å². The molecule has 0 saturated heterocycles. The smallest absolute Gasteiger partial charge is 0.326 e. The Kier molecular flexibility index (Phi) is 12.1. The molecule has 0 heterocycles. The summed E-state index contributed by atoms with van der Waals surface area (Å²) in [5, 5.41) is 20.9. The van der Waals surface area contributed by atoms with E-state index in [-0.39, 0.29) is 37.6 Å². The Hall–Kier alpha value is -2.94. The fourth-order valence-electron chi connectivity index (χ4n) is 3.61. The lowest BCUT2D eigenvalue weighted by atomic mass is 9.94. The van der Waals surface area contributed by atoms with E-state index in [1.54, 1.807) is 0 Å². The molecule has 0 spiro atoms. The van der Waals surface area contributed by atoms with Gasteiger partial charge >= 0.3 is 5.97 Å². The molecule has 1 rings (SSSR count). The highest BCUT2D eigenvalue weighted by atomic mass is 16.5. The maximum Gasteiger partial charge on any atom is 0.326 e. The van der Waals surface area contributed by atoms with E-state index in [1.165, 1.54) is 10.4 Å². The number of carbonyl (C=O) groups excluding carboxylic acids is 3. The molecule has 3 unspecified atom stereocenters. The molecule has 9 nitrogen and oxygen atoms in total. The van der Waals surface area contributed by atoms with Crippen molar-refractivity contribution in [3.05, 3.63) is 35.9 Å². The number of benzene rings is 1. The van der Waals surface area contributed by atoms with Gasteiger partial charge in [0, 0.05) is 19.4 Å². The Morgan fingerprint density at radius 3 is 2.18 bits per heavy atom. The topological polar surface area (TPSA) is 136 Å². The summed E-state index contributed by atoms with van der Waals surface area (Å²) in [5.41, 5.74) is 2.49. The number of hydrogen-bond donors (Lipinski definition) is 4. The third-order valence-corrected chi connectivity index (χ3v) is 5.60. The van der Waals surface area contributed by atoms with Gasteiger partial charge in [0.1, 0.15) is 12.1 Å². The van der Waals surface area contributed by atoms with E-state index in [0.29, 0.717) is 12.8 Å². The second-order valence-corrected chi connectivity index (χ2v) is 8.72. The second kappa shape index (κ2) is 14.3. The van der Waals surface area contributed by atoms with Crippen molar-refractivity contribution in [1.82, 2.24) is 15.7 Å². The van der Waals surface area contributed by atoms with Crippen molar-refractivity contribution in [2.75, 3.05) is 6.54 Å². The number of carbonyl (C=O) groups is 4. The summed E-state index contributed by atoms with van der Waals surface area (Å²) in [4.78, 5) is 51.0. The summed E-state index contributed by atoms with van der Waals surface area (Å²) in [6.45, 7) is 7.71. The minimum absolute atomic E-state index is 0.0567. The molecule has 0 aromatic heterocycles. The van der Waals surface area contributed by atoms with Gasteiger partial charge in [0.15, 0.2) is 0 Å². The van der Waals surface area contributed by atoms with E-state index in [1.807, 2.05) is 58.0 Å². The van der Waals surface area contributed by atoms with Crippen LogP contribution < -0.4 is 10.8 Å². The number of aliphatic carboxylic acids is 1. The molecule has 0 bridgehead atoms. The standard InChI is InChI=1S/C24H37N3O6/c1-5-17(4)22(23(30)25-19(24(31)32)15-16(2)3)27(21(29)12-11-20(28)26-33)14-13-18-9-7-6-8-10-18/h6-10,16-17,19,22,33H,5,11-15H2,1-4H3,(H,25,30)(H,26,28)(H,31,32). The first-order valence-electron chi connectivity index (χ1n) is 11.4. The number of hydroxylamine groups is 1. The quantitative estimate of drug-likeness (QED) is 0.247. The van der Waals surface area contributed by atoms with Gasteiger partial charge in [0.05, 0.1) is 0 Å². The van der Waals surface area contributed by atoms with Gasteiger partial charge in [-0.2, -0.15) is 0 Å². The first kappa shape index (κ1) is 28.1. The van der Waals surface area contributed by atoms with Crippen LogP contribution in [0, 0.1) is 11.8 Å². The van der Waals surface area contributed by atoms with Gasteiger partial charge in [0.2, 0.25) is 17.7 Å². The molecule has 4 N–H and O–H groups in total. The van der Waals surface area contributed by atoms with Gasteiger partial charge in [-0.15, -0.1) is 0 Å². The number of nitrogens with zero attached hydrogens (tertiary/aromatic N) is 1. The molecular weight excluding hydrogens is 426 g/mol. The lowest BCUT2D eigenvalue weighted by Crippen LogP contribution is -2.56. The van der Waals surface area contributed by atoms with Crippen LogP contribution in [0.5, 0.6) is 0 Å². The number of hydrogen-bond acceptors (Lipinski definition) is 5. The highest BCUT2D eigenvalue weighted by Crippen LogP contribution is 2.19. The van der Waals surface area contributed by atoms with Gasteiger partial charge in [-0.05, 0) is 30.2 Å². The molecule has 184 valence electrons. The summed E-state index contributed by atoms with van der Waals surface area (Å²) in [6, 6.07) is 7.54. The first-order valence-corrected chi connectivity index (χ1v) is 11.4. The van der Waals surface area contributed by atoms with Crippen molar-refractivity contribution in [3.63, 3.8) is 0 Å². The van der Waals surface area contributed by atoms with E-state index < -0.39 is 35.8 Å². The van der Waals surface area contributed by atoms with Gasteiger partial charge in [0.25, 0.3) is 0 Å². The van der Waals surface area contributed by atoms with Crippen LogP contribution in [0.25, 0.3) is 0 Å². The third-order valence-electron chi connectivity index (χ3n) is 5.60. The minimum atomic E-state index is -1.12. The second-order valence-electron chi connectivity index (χ2n) is 8.72. The molecule has 9 heteroatoms. The summed E-state index contributed by atoms with van der Waals surface area (Å²) in [5.74, 6) is -2.94. The van der Waals surface area contributed by atoms with Crippen LogP contribution >= 0.6 is 0 Å². The molecule has 0 aliphatic heterocycles. The predicted molar refractivity (Wildman–Crippen MR) is 123 cm³/mol. The summed E-state index contributed by atoms with van der Waals surface area (Å²) in [7, 11) is 0. The van der Waals surface area contributed by atoms with Crippen LogP contribution in [-0.2, 0) is 25.6 Å². The Labute approximate surface area is 195 Å². The van der Waals surface area contributed by atoms with Crippen molar-refractivity contribution in [3.8, 4) is 0 Å². The molecule has 3 atom stereocenters. The van der Waals surface area contributed by atoms with Crippen molar-refractivity contribution in [2.24, 2.45) is 11.8 Å². The maximum atomic E-state index is 13.3. The van der Waals surface area contributed by atoms with Crippen LogP contribution in [0.4, 0.5) is 0 Å². The Bertz CT molecular complexity index is 784. The summed E-state index contributed by atoms with van der Waals surface area (Å²) < 4.78 is 0. The van der Waals surface area contributed by atoms with Crippen LogP contribution in [0.2, 0.25) is 0 Å². The molecular formula is C24H37N3O6. The zero-order chi connectivity index (χ0) is 25.0. The van der Waals surface area contributed by atoms with Gasteiger partial charge in [-0.3, -0.25) is 19.6 Å². The summed E-state index contributed by atoms with van der Waals surface area (Å²) >= 11 is 0. The highest BCUT2D eigenvalue weighted by molar-refractivity contribution is 5.91. The molecule has 3 amide bonds. The normalized spacial score (nSPS) is 13.6. The fourth-order valence-corrected chi connectivity index (χ4v) is 3.61. The SMILES string of the molecule is CCC(C)C(C(=O)NC(CC(C)C)C(=O)O)N(CCc1ccccc1)C(=O)CCC(=O)NO. The van der Waals surface area contributed by atoms with E-state index in [4.69, 9.17) is 5.21 Å².